The molecule has 0 amide bonds. The molecule has 0 aromatic heterocycles. The van der Waals surface area contributed by atoms with E-state index in [1.54, 1.807) is 0 Å². The van der Waals surface area contributed by atoms with E-state index in [-0.39, 0.29) is 0 Å². The molecule has 2 rings (SSSR count). The number of halogens is 1. The molecule has 2 aromatic rings. The maximum atomic E-state index is 6.63. The molecule has 18 heavy (non-hydrogen) atoms. The third kappa shape index (κ3) is 3.47. The molecule has 0 spiro atoms. The molecule has 0 aliphatic heterocycles. The van der Waals surface area contributed by atoms with Crippen molar-refractivity contribution in [3.8, 4) is 0 Å². The first-order valence-electron chi connectivity index (χ1n) is 6.59. The van der Waals surface area contributed by atoms with Crippen molar-refractivity contribution < 1.29 is 0 Å². The molecule has 0 nitrogen and oxygen atoms in total. The second-order valence-electron chi connectivity index (χ2n) is 4.62. The summed E-state index contributed by atoms with van der Waals surface area (Å²) in [4.78, 5) is 0. The van der Waals surface area contributed by atoms with E-state index >= 15 is 0 Å². The number of hydrogen-bond donors (Lipinski definition) is 0. The Labute approximate surface area is 116 Å². The number of rotatable bonds is 5. The van der Waals surface area contributed by atoms with Crippen molar-refractivity contribution in [3.63, 3.8) is 0 Å². The van der Waals surface area contributed by atoms with Crippen LogP contribution < -0.4 is 10.4 Å². The number of unbranched alkanes of at least 4 members (excludes halogenated alkanes) is 1. The second-order valence-corrected chi connectivity index (χ2v) is 7.99. The zero-order valence-electron chi connectivity index (χ0n) is 10.8. The van der Waals surface area contributed by atoms with Gasteiger partial charge in [0, 0.05) is 0 Å². The van der Waals surface area contributed by atoms with Crippen LogP contribution in [0.15, 0.2) is 54.6 Å². The Morgan fingerprint density at radius 1 is 0.889 bits per heavy atom. The lowest BCUT2D eigenvalue weighted by Gasteiger charge is -2.09. The summed E-state index contributed by atoms with van der Waals surface area (Å²) in [6, 6.07) is 19.3. The van der Waals surface area contributed by atoms with Crippen molar-refractivity contribution in [1.82, 2.24) is 0 Å². The van der Waals surface area contributed by atoms with Gasteiger partial charge in [0.25, 0.3) is 0 Å². The Balaban J connectivity index is 2.09. The summed E-state index contributed by atoms with van der Waals surface area (Å²) in [7, 11) is -1.49. The van der Waals surface area contributed by atoms with E-state index in [0.717, 1.165) is 0 Å². The van der Waals surface area contributed by atoms with Crippen LogP contribution in [0.25, 0.3) is 0 Å². The Morgan fingerprint density at radius 2 is 1.50 bits per heavy atom. The molecule has 0 aliphatic rings. The third-order valence-corrected chi connectivity index (χ3v) is 6.64. The second kappa shape index (κ2) is 6.77. The van der Waals surface area contributed by atoms with Crippen LogP contribution in [-0.4, -0.2) is 8.11 Å². The van der Waals surface area contributed by atoms with Crippen LogP contribution in [0, 0.1) is 0 Å². The van der Waals surface area contributed by atoms with Crippen molar-refractivity contribution >= 4 is 29.6 Å². The molecule has 0 saturated heterocycles. The Hall–Kier alpha value is -1.05. The van der Waals surface area contributed by atoms with Crippen molar-refractivity contribution in [1.29, 1.82) is 0 Å². The minimum Gasteiger partial charge on any atom is -0.159 e. The van der Waals surface area contributed by atoms with Gasteiger partial charge in [0.2, 0.25) is 8.11 Å². The quantitative estimate of drug-likeness (QED) is 0.581. The van der Waals surface area contributed by atoms with Crippen LogP contribution in [0.3, 0.4) is 0 Å². The van der Waals surface area contributed by atoms with Crippen LogP contribution >= 0.6 is 11.1 Å². The van der Waals surface area contributed by atoms with Gasteiger partial charge < -0.3 is 0 Å². The molecule has 0 heterocycles. The van der Waals surface area contributed by atoms with E-state index in [0.29, 0.717) is 0 Å². The van der Waals surface area contributed by atoms with Gasteiger partial charge in [-0.3, -0.25) is 0 Å². The summed E-state index contributed by atoms with van der Waals surface area (Å²) in [5, 5.41) is 2.60. The monoisotopic (exact) mass is 274 g/mol. The lowest BCUT2D eigenvalue weighted by Crippen LogP contribution is -2.36. The minimum absolute atomic E-state index is 1.18. The summed E-state index contributed by atoms with van der Waals surface area (Å²) in [6.07, 6.45) is 3.69. The maximum Gasteiger partial charge on any atom is 0.201 e. The summed E-state index contributed by atoms with van der Waals surface area (Å²) in [6.45, 7) is 2.23. The summed E-state index contributed by atoms with van der Waals surface area (Å²) >= 11 is 6.63. The fourth-order valence-electron chi connectivity index (χ4n) is 2.05. The first-order valence-corrected chi connectivity index (χ1v) is 9.49. The fraction of sp³-hybridized carbons (Fsp3) is 0.250. The van der Waals surface area contributed by atoms with Gasteiger partial charge in [-0.05, 0) is 28.8 Å². The molecule has 2 heteroatoms. The van der Waals surface area contributed by atoms with Crippen molar-refractivity contribution in [2.75, 3.05) is 0 Å². The minimum atomic E-state index is -1.49. The molecule has 0 N–H and O–H groups in total. The highest BCUT2D eigenvalue weighted by Gasteiger charge is 2.12. The molecular weight excluding hydrogens is 256 g/mol. The predicted octanol–water partition coefficient (Wildman–Crippen LogP) is 3.11. The van der Waals surface area contributed by atoms with Crippen LogP contribution in [0.2, 0.25) is 0 Å². The fourth-order valence-corrected chi connectivity index (χ4v) is 4.40. The highest BCUT2D eigenvalue weighted by atomic mass is 35.6. The van der Waals surface area contributed by atoms with Crippen molar-refractivity contribution in [3.05, 3.63) is 60.2 Å². The van der Waals surface area contributed by atoms with E-state index in [9.17, 15) is 0 Å². The molecule has 0 aliphatic carbocycles. The molecule has 0 saturated carbocycles. The van der Waals surface area contributed by atoms with Gasteiger partial charge in [-0.2, -0.15) is 11.1 Å². The first-order chi connectivity index (χ1) is 8.81. The number of benzene rings is 2. The van der Waals surface area contributed by atoms with E-state index in [1.807, 2.05) is 6.07 Å². The standard InChI is InChI=1S/C16H19ClSi/c1-2-3-7-14-10-12-16(13-11-14)18(17)15-8-5-4-6-9-15/h4-6,8-13,18H,2-3,7H2,1H3. The van der Waals surface area contributed by atoms with E-state index in [1.165, 1.54) is 35.2 Å². The van der Waals surface area contributed by atoms with Gasteiger partial charge in [-0.25, -0.2) is 0 Å². The molecule has 2 aromatic carbocycles. The van der Waals surface area contributed by atoms with E-state index in [2.05, 4.69) is 55.5 Å². The molecule has 1 unspecified atom stereocenters. The van der Waals surface area contributed by atoms with Gasteiger partial charge in [0.05, 0.1) is 0 Å². The summed E-state index contributed by atoms with van der Waals surface area (Å²) < 4.78 is 0. The van der Waals surface area contributed by atoms with Crippen LogP contribution in [-0.2, 0) is 6.42 Å². The summed E-state index contributed by atoms with van der Waals surface area (Å²) in [5.41, 5.74) is 1.42. The van der Waals surface area contributed by atoms with Crippen molar-refractivity contribution in [2.45, 2.75) is 26.2 Å². The summed E-state index contributed by atoms with van der Waals surface area (Å²) in [5.74, 6) is 0. The number of hydrogen-bond acceptors (Lipinski definition) is 0. The highest BCUT2D eigenvalue weighted by molar-refractivity contribution is 7.21. The molecule has 0 radical (unpaired) electrons. The molecule has 1 atom stereocenters. The van der Waals surface area contributed by atoms with Gasteiger partial charge in [-0.1, -0.05) is 67.9 Å². The molecule has 94 valence electrons. The largest absolute Gasteiger partial charge is 0.201 e. The number of aryl methyl sites for hydroxylation is 1. The Kier molecular flexibility index (Phi) is 5.03. The average molecular weight is 275 g/mol. The molecule has 0 fully saturated rings. The molecule has 0 bridgehead atoms. The topological polar surface area (TPSA) is 0 Å². The van der Waals surface area contributed by atoms with Crippen LogP contribution in [0.5, 0.6) is 0 Å². The lowest BCUT2D eigenvalue weighted by molar-refractivity contribution is 0.795. The lowest BCUT2D eigenvalue weighted by atomic mass is 10.1. The zero-order chi connectivity index (χ0) is 12.8. The van der Waals surface area contributed by atoms with Gasteiger partial charge in [0.15, 0.2) is 0 Å². The van der Waals surface area contributed by atoms with Crippen LogP contribution in [0.1, 0.15) is 25.3 Å². The first kappa shape index (κ1) is 13.4. The highest BCUT2D eigenvalue weighted by Crippen LogP contribution is 2.04. The Bertz CT molecular complexity index is 464. The average Bonchev–Trinajstić information content (AvgIpc) is 2.46. The van der Waals surface area contributed by atoms with Crippen molar-refractivity contribution in [2.24, 2.45) is 0 Å². The normalized spacial score (nSPS) is 12.3. The van der Waals surface area contributed by atoms with Gasteiger partial charge in [0.1, 0.15) is 0 Å². The SMILES string of the molecule is CCCCc1ccc([SiH](Cl)c2ccccc2)cc1. The van der Waals surface area contributed by atoms with Gasteiger partial charge in [-0.15, -0.1) is 0 Å². The Morgan fingerprint density at radius 3 is 2.11 bits per heavy atom. The molecular formula is C16H19ClSi. The third-order valence-electron chi connectivity index (χ3n) is 3.18. The zero-order valence-corrected chi connectivity index (χ0v) is 12.7. The van der Waals surface area contributed by atoms with Gasteiger partial charge >= 0.3 is 0 Å². The van der Waals surface area contributed by atoms with E-state index < -0.39 is 8.11 Å². The predicted molar refractivity (Wildman–Crippen MR) is 83.8 cm³/mol. The van der Waals surface area contributed by atoms with Crippen LogP contribution in [0.4, 0.5) is 0 Å². The smallest absolute Gasteiger partial charge is 0.159 e. The van der Waals surface area contributed by atoms with E-state index in [4.69, 9.17) is 11.1 Å². The maximum absolute atomic E-state index is 6.63.